The van der Waals surface area contributed by atoms with E-state index < -0.39 is 0 Å². The highest BCUT2D eigenvalue weighted by molar-refractivity contribution is 5.07. The topological polar surface area (TPSA) is 28.4 Å². The smallest absolute Gasteiger partial charge is 0.118 e. The molecule has 0 bridgehead atoms. The summed E-state index contributed by atoms with van der Waals surface area (Å²) in [6.07, 6.45) is 4.04. The fourth-order valence-electron chi connectivity index (χ4n) is 2.63. The lowest BCUT2D eigenvalue weighted by Gasteiger charge is -2.31. The number of furan rings is 1. The van der Waals surface area contributed by atoms with Gasteiger partial charge in [0.2, 0.25) is 0 Å². The molecule has 0 saturated carbocycles. The summed E-state index contributed by atoms with van der Waals surface area (Å²) in [6.45, 7) is 6.54. The molecule has 96 valence electrons. The normalized spacial score (nSPS) is 21.9. The Balaban J connectivity index is 1.86. The van der Waals surface area contributed by atoms with Crippen molar-refractivity contribution in [2.75, 3.05) is 20.1 Å². The van der Waals surface area contributed by atoms with E-state index in [9.17, 15) is 0 Å². The van der Waals surface area contributed by atoms with E-state index in [2.05, 4.69) is 29.3 Å². The average molecular weight is 236 g/mol. The molecule has 1 aliphatic rings. The summed E-state index contributed by atoms with van der Waals surface area (Å²) >= 11 is 0. The third-order valence-electron chi connectivity index (χ3n) is 3.63. The van der Waals surface area contributed by atoms with Crippen molar-refractivity contribution in [1.82, 2.24) is 10.2 Å². The van der Waals surface area contributed by atoms with Gasteiger partial charge in [-0.3, -0.25) is 4.90 Å². The van der Waals surface area contributed by atoms with Crippen LogP contribution >= 0.6 is 0 Å². The lowest BCUT2D eigenvalue weighted by molar-refractivity contribution is 0.154. The molecule has 3 heteroatoms. The van der Waals surface area contributed by atoms with Gasteiger partial charge in [0.25, 0.3) is 0 Å². The summed E-state index contributed by atoms with van der Waals surface area (Å²) in [5.41, 5.74) is 0. The van der Waals surface area contributed by atoms with Crippen LogP contribution < -0.4 is 5.32 Å². The zero-order valence-electron chi connectivity index (χ0n) is 11.0. The lowest BCUT2D eigenvalue weighted by atomic mass is 9.96. The Labute approximate surface area is 104 Å². The van der Waals surface area contributed by atoms with Crippen molar-refractivity contribution in [2.24, 2.45) is 5.92 Å². The van der Waals surface area contributed by atoms with Crippen molar-refractivity contribution >= 4 is 0 Å². The van der Waals surface area contributed by atoms with Crippen molar-refractivity contribution in [3.05, 3.63) is 23.7 Å². The maximum atomic E-state index is 5.79. The van der Waals surface area contributed by atoms with Gasteiger partial charge >= 0.3 is 0 Å². The van der Waals surface area contributed by atoms with E-state index in [0.717, 1.165) is 30.5 Å². The van der Waals surface area contributed by atoms with Gasteiger partial charge in [-0.2, -0.15) is 0 Å². The lowest BCUT2D eigenvalue weighted by Crippen LogP contribution is -2.34. The zero-order valence-corrected chi connectivity index (χ0v) is 11.0. The molecule has 0 radical (unpaired) electrons. The van der Waals surface area contributed by atoms with Gasteiger partial charge in [-0.15, -0.1) is 0 Å². The summed E-state index contributed by atoms with van der Waals surface area (Å²) in [6, 6.07) is 4.19. The highest BCUT2D eigenvalue weighted by atomic mass is 16.3. The predicted molar refractivity (Wildman–Crippen MR) is 69.8 cm³/mol. The van der Waals surface area contributed by atoms with Crippen LogP contribution in [-0.4, -0.2) is 25.0 Å². The maximum absolute atomic E-state index is 5.79. The Morgan fingerprint density at radius 2 is 2.24 bits per heavy atom. The summed E-state index contributed by atoms with van der Waals surface area (Å²) < 4.78 is 5.79. The van der Waals surface area contributed by atoms with Gasteiger partial charge in [-0.1, -0.05) is 13.3 Å². The second kappa shape index (κ2) is 6.22. The second-order valence-electron chi connectivity index (χ2n) is 5.05. The van der Waals surface area contributed by atoms with Crippen molar-refractivity contribution in [3.63, 3.8) is 0 Å². The SMILES string of the molecule is CCC1CCCN(Cc2ccc(CNC)o2)C1. The van der Waals surface area contributed by atoms with E-state index in [-0.39, 0.29) is 0 Å². The van der Waals surface area contributed by atoms with Gasteiger partial charge in [-0.25, -0.2) is 0 Å². The molecule has 0 spiro atoms. The van der Waals surface area contributed by atoms with Crippen molar-refractivity contribution in [3.8, 4) is 0 Å². The molecule has 0 amide bonds. The monoisotopic (exact) mass is 236 g/mol. The number of nitrogens with one attached hydrogen (secondary N) is 1. The number of hydrogen-bond acceptors (Lipinski definition) is 3. The molecule has 1 atom stereocenters. The molecule has 2 rings (SSSR count). The predicted octanol–water partition coefficient (Wildman–Crippen LogP) is 2.62. The molecule has 1 saturated heterocycles. The Kier molecular flexibility index (Phi) is 4.63. The quantitative estimate of drug-likeness (QED) is 0.852. The first-order valence-electron chi connectivity index (χ1n) is 6.76. The van der Waals surface area contributed by atoms with Crippen LogP contribution in [-0.2, 0) is 13.1 Å². The fourth-order valence-corrected chi connectivity index (χ4v) is 2.63. The van der Waals surface area contributed by atoms with Crippen LogP contribution in [0.1, 0.15) is 37.7 Å². The molecule has 1 fully saturated rings. The Morgan fingerprint density at radius 1 is 1.41 bits per heavy atom. The first-order valence-corrected chi connectivity index (χ1v) is 6.76. The van der Waals surface area contributed by atoms with E-state index in [0.29, 0.717) is 0 Å². The average Bonchev–Trinajstić information content (AvgIpc) is 2.77. The summed E-state index contributed by atoms with van der Waals surface area (Å²) in [7, 11) is 1.94. The van der Waals surface area contributed by atoms with Crippen LogP contribution in [0.4, 0.5) is 0 Å². The van der Waals surface area contributed by atoms with E-state index >= 15 is 0 Å². The highest BCUT2D eigenvalue weighted by Crippen LogP contribution is 2.21. The molecule has 1 aromatic heterocycles. The van der Waals surface area contributed by atoms with E-state index in [1.165, 1.54) is 32.4 Å². The second-order valence-corrected chi connectivity index (χ2v) is 5.05. The van der Waals surface area contributed by atoms with Gasteiger partial charge in [0.05, 0.1) is 13.1 Å². The molecule has 1 aliphatic heterocycles. The minimum atomic E-state index is 0.817. The maximum Gasteiger partial charge on any atom is 0.118 e. The van der Waals surface area contributed by atoms with Crippen molar-refractivity contribution < 1.29 is 4.42 Å². The Hall–Kier alpha value is -0.800. The summed E-state index contributed by atoms with van der Waals surface area (Å²) in [5.74, 6) is 3.02. The number of likely N-dealkylation sites (tertiary alicyclic amines) is 1. The Bertz CT molecular complexity index is 335. The minimum absolute atomic E-state index is 0.817. The number of piperidine rings is 1. The molecule has 17 heavy (non-hydrogen) atoms. The van der Waals surface area contributed by atoms with E-state index in [1.54, 1.807) is 0 Å². The van der Waals surface area contributed by atoms with Crippen molar-refractivity contribution in [1.29, 1.82) is 0 Å². The summed E-state index contributed by atoms with van der Waals surface area (Å²) in [4.78, 5) is 2.53. The van der Waals surface area contributed by atoms with Crippen LogP contribution in [0.2, 0.25) is 0 Å². The molecule has 0 aliphatic carbocycles. The molecule has 3 nitrogen and oxygen atoms in total. The summed E-state index contributed by atoms with van der Waals surface area (Å²) in [5, 5.41) is 3.11. The standard InChI is InChI=1S/C14H24N2O/c1-3-12-5-4-8-16(10-12)11-14-7-6-13(17-14)9-15-2/h6-7,12,15H,3-5,8-11H2,1-2H3. The third-order valence-corrected chi connectivity index (χ3v) is 3.63. The first kappa shape index (κ1) is 12.7. The molecular weight excluding hydrogens is 212 g/mol. The van der Waals surface area contributed by atoms with Gasteiger partial charge in [0, 0.05) is 6.54 Å². The van der Waals surface area contributed by atoms with Gasteiger partial charge < -0.3 is 9.73 Å². The van der Waals surface area contributed by atoms with E-state index in [4.69, 9.17) is 4.42 Å². The van der Waals surface area contributed by atoms with Crippen molar-refractivity contribution in [2.45, 2.75) is 39.3 Å². The Morgan fingerprint density at radius 3 is 3.00 bits per heavy atom. The van der Waals surface area contributed by atoms with Crippen LogP contribution in [0.15, 0.2) is 16.5 Å². The van der Waals surface area contributed by atoms with Gasteiger partial charge in [-0.05, 0) is 44.5 Å². The number of hydrogen-bond donors (Lipinski definition) is 1. The fraction of sp³-hybridized carbons (Fsp3) is 0.714. The minimum Gasteiger partial charge on any atom is -0.463 e. The molecule has 1 unspecified atom stereocenters. The van der Waals surface area contributed by atoms with Gasteiger partial charge in [0.1, 0.15) is 11.5 Å². The van der Waals surface area contributed by atoms with Gasteiger partial charge in [0.15, 0.2) is 0 Å². The molecule has 1 aromatic rings. The molecular formula is C14H24N2O. The zero-order chi connectivity index (χ0) is 12.1. The van der Waals surface area contributed by atoms with Crippen LogP contribution in [0.25, 0.3) is 0 Å². The van der Waals surface area contributed by atoms with Crippen LogP contribution in [0, 0.1) is 5.92 Å². The molecule has 1 N–H and O–H groups in total. The number of nitrogens with zero attached hydrogens (tertiary/aromatic N) is 1. The molecule has 0 aromatic carbocycles. The largest absolute Gasteiger partial charge is 0.463 e. The first-order chi connectivity index (χ1) is 8.31. The van der Waals surface area contributed by atoms with Crippen LogP contribution in [0.5, 0.6) is 0 Å². The molecule has 2 heterocycles. The highest BCUT2D eigenvalue weighted by Gasteiger charge is 2.19. The van der Waals surface area contributed by atoms with Crippen LogP contribution in [0.3, 0.4) is 0 Å². The van der Waals surface area contributed by atoms with E-state index in [1.807, 2.05) is 7.05 Å². The number of rotatable bonds is 5. The third kappa shape index (κ3) is 3.58.